The average Bonchev–Trinajstić information content (AvgIpc) is 2.48. The van der Waals surface area contributed by atoms with Gasteiger partial charge in [0, 0.05) is 13.0 Å². The molecule has 3 nitrogen and oxygen atoms in total. The number of esters is 1. The Kier molecular flexibility index (Phi) is 9.55. The van der Waals surface area contributed by atoms with Gasteiger partial charge < -0.3 is 9.47 Å². The van der Waals surface area contributed by atoms with E-state index in [1.54, 1.807) is 0 Å². The van der Waals surface area contributed by atoms with Crippen LogP contribution >= 0.6 is 0 Å². The number of carbonyl (C=O) groups is 1. The maximum Gasteiger partial charge on any atom is 0.312 e. The predicted octanol–water partition coefficient (Wildman–Crippen LogP) is 4.50. The first kappa shape index (κ1) is 17.7. The van der Waals surface area contributed by atoms with Gasteiger partial charge in [-0.3, -0.25) is 4.79 Å². The molecule has 3 heteroatoms. The zero-order valence-corrected chi connectivity index (χ0v) is 13.3. The number of benzene rings is 1. The Morgan fingerprint density at radius 1 is 1.05 bits per heavy atom. The van der Waals surface area contributed by atoms with Gasteiger partial charge in [-0.15, -0.1) is 0 Å². The van der Waals surface area contributed by atoms with Crippen LogP contribution in [0.3, 0.4) is 0 Å². The van der Waals surface area contributed by atoms with Gasteiger partial charge in [-0.2, -0.15) is 0 Å². The SMILES string of the molecule is CCCCCCCC(OCC)OC(=O)Cc1ccccc1. The van der Waals surface area contributed by atoms with Crippen molar-refractivity contribution in [3.8, 4) is 0 Å². The molecular weight excluding hydrogens is 264 g/mol. The molecule has 0 aromatic heterocycles. The van der Waals surface area contributed by atoms with Crippen molar-refractivity contribution in [2.24, 2.45) is 0 Å². The van der Waals surface area contributed by atoms with Gasteiger partial charge in [0.25, 0.3) is 0 Å². The second-order valence-electron chi connectivity index (χ2n) is 5.24. The molecule has 0 aliphatic carbocycles. The molecule has 118 valence electrons. The summed E-state index contributed by atoms with van der Waals surface area (Å²) in [6.45, 7) is 4.70. The van der Waals surface area contributed by atoms with Crippen LogP contribution in [0.15, 0.2) is 30.3 Å². The third kappa shape index (κ3) is 8.51. The van der Waals surface area contributed by atoms with Gasteiger partial charge in [-0.25, -0.2) is 0 Å². The van der Waals surface area contributed by atoms with Crippen molar-refractivity contribution in [1.82, 2.24) is 0 Å². The molecule has 1 aromatic rings. The zero-order valence-electron chi connectivity index (χ0n) is 13.3. The van der Waals surface area contributed by atoms with Crippen molar-refractivity contribution in [3.05, 3.63) is 35.9 Å². The summed E-state index contributed by atoms with van der Waals surface area (Å²) in [6, 6.07) is 9.66. The molecule has 0 fully saturated rings. The minimum Gasteiger partial charge on any atom is -0.436 e. The number of hydrogen-bond donors (Lipinski definition) is 0. The summed E-state index contributed by atoms with van der Waals surface area (Å²) in [5, 5.41) is 0. The molecule has 0 heterocycles. The van der Waals surface area contributed by atoms with Crippen LogP contribution in [-0.2, 0) is 20.7 Å². The highest BCUT2D eigenvalue weighted by Gasteiger charge is 2.14. The topological polar surface area (TPSA) is 35.5 Å². The molecule has 0 spiro atoms. The molecule has 0 bridgehead atoms. The molecule has 0 amide bonds. The van der Waals surface area contributed by atoms with Crippen LogP contribution in [-0.4, -0.2) is 18.9 Å². The highest BCUT2D eigenvalue weighted by Crippen LogP contribution is 2.12. The largest absolute Gasteiger partial charge is 0.436 e. The van der Waals surface area contributed by atoms with Crippen molar-refractivity contribution in [3.63, 3.8) is 0 Å². The van der Waals surface area contributed by atoms with E-state index in [9.17, 15) is 4.79 Å². The monoisotopic (exact) mass is 292 g/mol. The van der Waals surface area contributed by atoms with Gasteiger partial charge in [-0.05, 0) is 18.9 Å². The number of carbonyl (C=O) groups excluding carboxylic acids is 1. The van der Waals surface area contributed by atoms with Crippen molar-refractivity contribution in [1.29, 1.82) is 0 Å². The lowest BCUT2D eigenvalue weighted by molar-refractivity contribution is -0.178. The second kappa shape index (κ2) is 11.3. The Morgan fingerprint density at radius 3 is 2.43 bits per heavy atom. The first-order valence-corrected chi connectivity index (χ1v) is 8.11. The fourth-order valence-electron chi connectivity index (χ4n) is 2.23. The van der Waals surface area contributed by atoms with Gasteiger partial charge in [0.15, 0.2) is 0 Å². The molecule has 21 heavy (non-hydrogen) atoms. The van der Waals surface area contributed by atoms with E-state index in [0.29, 0.717) is 13.0 Å². The predicted molar refractivity (Wildman–Crippen MR) is 85.0 cm³/mol. The van der Waals surface area contributed by atoms with Crippen molar-refractivity contribution >= 4 is 5.97 Å². The molecule has 0 N–H and O–H groups in total. The molecule has 0 radical (unpaired) electrons. The fraction of sp³-hybridized carbons (Fsp3) is 0.611. The van der Waals surface area contributed by atoms with Crippen LogP contribution in [0.1, 0.15) is 57.9 Å². The lowest BCUT2D eigenvalue weighted by atomic mass is 10.1. The maximum atomic E-state index is 11.9. The lowest BCUT2D eigenvalue weighted by Gasteiger charge is -2.17. The first-order valence-electron chi connectivity index (χ1n) is 8.11. The van der Waals surface area contributed by atoms with E-state index in [1.807, 2.05) is 37.3 Å². The Morgan fingerprint density at radius 2 is 1.76 bits per heavy atom. The van der Waals surface area contributed by atoms with Gasteiger partial charge >= 0.3 is 5.97 Å². The molecule has 1 unspecified atom stereocenters. The molecule has 0 saturated heterocycles. The van der Waals surface area contributed by atoms with Gasteiger partial charge in [0.2, 0.25) is 6.29 Å². The summed E-state index contributed by atoms with van der Waals surface area (Å²) in [7, 11) is 0. The Balaban J connectivity index is 2.30. The van der Waals surface area contributed by atoms with Gasteiger partial charge in [-0.1, -0.05) is 62.9 Å². The summed E-state index contributed by atoms with van der Waals surface area (Å²) < 4.78 is 11.0. The highest BCUT2D eigenvalue weighted by atomic mass is 16.7. The van der Waals surface area contributed by atoms with E-state index in [-0.39, 0.29) is 5.97 Å². The lowest BCUT2D eigenvalue weighted by Crippen LogP contribution is -2.22. The number of rotatable bonds is 11. The van der Waals surface area contributed by atoms with Crippen LogP contribution in [0.25, 0.3) is 0 Å². The average molecular weight is 292 g/mol. The van der Waals surface area contributed by atoms with E-state index in [1.165, 1.54) is 25.7 Å². The number of ether oxygens (including phenoxy) is 2. The van der Waals surface area contributed by atoms with Crippen LogP contribution in [0.5, 0.6) is 0 Å². The molecule has 0 aliphatic heterocycles. The van der Waals surface area contributed by atoms with E-state index in [4.69, 9.17) is 9.47 Å². The summed E-state index contributed by atoms with van der Waals surface area (Å²) in [5.74, 6) is -0.215. The van der Waals surface area contributed by atoms with E-state index < -0.39 is 6.29 Å². The zero-order chi connectivity index (χ0) is 15.3. The minimum absolute atomic E-state index is 0.215. The smallest absolute Gasteiger partial charge is 0.312 e. The Bertz CT molecular complexity index is 375. The molecule has 1 aromatic carbocycles. The number of unbranched alkanes of at least 4 members (excludes halogenated alkanes) is 4. The van der Waals surface area contributed by atoms with Crippen LogP contribution in [0.4, 0.5) is 0 Å². The standard InChI is InChI=1S/C18H28O3/c1-3-5-6-7-11-14-18(20-4-2)21-17(19)15-16-12-9-8-10-13-16/h8-10,12-13,18H,3-7,11,14-15H2,1-2H3. The molecule has 1 atom stereocenters. The Labute approximate surface area is 128 Å². The summed E-state index contributed by atoms with van der Waals surface area (Å²) in [5.41, 5.74) is 0.973. The summed E-state index contributed by atoms with van der Waals surface area (Å²) in [6.07, 6.45) is 6.67. The molecule has 0 aliphatic rings. The molecule has 1 rings (SSSR count). The van der Waals surface area contributed by atoms with Crippen molar-refractivity contribution in [2.75, 3.05) is 6.61 Å². The summed E-state index contributed by atoms with van der Waals surface area (Å²) in [4.78, 5) is 11.9. The minimum atomic E-state index is -0.396. The van der Waals surface area contributed by atoms with Crippen LogP contribution in [0, 0.1) is 0 Å². The van der Waals surface area contributed by atoms with Crippen molar-refractivity contribution in [2.45, 2.75) is 65.1 Å². The quantitative estimate of drug-likeness (QED) is 0.342. The van der Waals surface area contributed by atoms with E-state index >= 15 is 0 Å². The Hall–Kier alpha value is -1.35. The van der Waals surface area contributed by atoms with Gasteiger partial charge in [0.1, 0.15) is 0 Å². The normalized spacial score (nSPS) is 12.1. The fourth-order valence-corrected chi connectivity index (χ4v) is 2.23. The van der Waals surface area contributed by atoms with Gasteiger partial charge in [0.05, 0.1) is 6.42 Å². The van der Waals surface area contributed by atoms with Crippen LogP contribution < -0.4 is 0 Å². The third-order valence-corrected chi connectivity index (χ3v) is 3.35. The molecular formula is C18H28O3. The second-order valence-corrected chi connectivity index (χ2v) is 5.24. The number of hydrogen-bond acceptors (Lipinski definition) is 3. The third-order valence-electron chi connectivity index (χ3n) is 3.35. The maximum absolute atomic E-state index is 11.9. The first-order chi connectivity index (χ1) is 10.3. The van der Waals surface area contributed by atoms with E-state index in [2.05, 4.69) is 6.92 Å². The van der Waals surface area contributed by atoms with Crippen molar-refractivity contribution < 1.29 is 14.3 Å². The van der Waals surface area contributed by atoms with E-state index in [0.717, 1.165) is 18.4 Å². The molecule has 0 saturated carbocycles. The van der Waals surface area contributed by atoms with Crippen LogP contribution in [0.2, 0.25) is 0 Å². The highest BCUT2D eigenvalue weighted by molar-refractivity contribution is 5.72. The summed E-state index contributed by atoms with van der Waals surface area (Å²) >= 11 is 0.